The van der Waals surface area contributed by atoms with Crippen LogP contribution in [0.5, 0.6) is 0 Å². The summed E-state index contributed by atoms with van der Waals surface area (Å²) < 4.78 is 5.49. The van der Waals surface area contributed by atoms with Crippen LogP contribution in [0, 0.1) is 12.8 Å². The first-order valence-electron chi connectivity index (χ1n) is 7.80. The summed E-state index contributed by atoms with van der Waals surface area (Å²) in [6, 6.07) is 9.05. The van der Waals surface area contributed by atoms with Gasteiger partial charge in [0.2, 0.25) is 5.91 Å². The van der Waals surface area contributed by atoms with Gasteiger partial charge in [-0.2, -0.15) is 0 Å². The number of rotatable bonds is 5. The Morgan fingerprint density at radius 1 is 1.29 bits per heavy atom. The number of carbonyl (C=O) groups is 1. The zero-order chi connectivity index (χ0) is 14.8. The van der Waals surface area contributed by atoms with E-state index in [0.717, 1.165) is 19.4 Å². The summed E-state index contributed by atoms with van der Waals surface area (Å²) in [4.78, 5) is 14.9. The molecule has 1 amide bonds. The maximum atomic E-state index is 12.9. The van der Waals surface area contributed by atoms with Gasteiger partial charge in [0.1, 0.15) is 0 Å². The van der Waals surface area contributed by atoms with Crippen LogP contribution in [-0.4, -0.2) is 43.2 Å². The van der Waals surface area contributed by atoms with Crippen molar-refractivity contribution < 1.29 is 9.53 Å². The molecule has 114 valence electrons. The fraction of sp³-hybridized carbons (Fsp3) is 0.588. The van der Waals surface area contributed by atoms with Gasteiger partial charge < -0.3 is 15.0 Å². The van der Waals surface area contributed by atoms with Crippen molar-refractivity contribution in [2.24, 2.45) is 5.92 Å². The van der Waals surface area contributed by atoms with Crippen LogP contribution in [0.2, 0.25) is 0 Å². The fourth-order valence-electron chi connectivity index (χ4n) is 2.96. The van der Waals surface area contributed by atoms with Crippen molar-refractivity contribution in [1.82, 2.24) is 10.2 Å². The zero-order valence-electron chi connectivity index (χ0n) is 12.8. The standard InChI is InChI=1S/C17H24N2O2/c1-12-3-5-13(6-4-12)9-19(14-7-8-14)17(20)15-10-21-11-16(15)18-2/h3-6,14-16,18H,7-11H2,1-2H3. The smallest absolute Gasteiger partial charge is 0.230 e. The van der Waals surface area contributed by atoms with E-state index in [4.69, 9.17) is 4.74 Å². The number of hydrogen-bond acceptors (Lipinski definition) is 3. The third-order valence-corrected chi connectivity index (χ3v) is 4.51. The lowest BCUT2D eigenvalue weighted by molar-refractivity contribution is -0.137. The highest BCUT2D eigenvalue weighted by molar-refractivity contribution is 5.80. The lowest BCUT2D eigenvalue weighted by Crippen LogP contribution is -2.45. The number of ether oxygens (including phenoxy) is 1. The Bertz CT molecular complexity index is 496. The number of hydrogen-bond donors (Lipinski definition) is 1. The van der Waals surface area contributed by atoms with E-state index in [0.29, 0.717) is 19.3 Å². The normalized spacial score (nSPS) is 25.0. The molecule has 0 spiro atoms. The molecule has 1 aliphatic heterocycles. The van der Waals surface area contributed by atoms with E-state index < -0.39 is 0 Å². The first-order valence-corrected chi connectivity index (χ1v) is 7.80. The molecule has 2 fully saturated rings. The highest BCUT2D eigenvalue weighted by Crippen LogP contribution is 2.31. The molecular weight excluding hydrogens is 264 g/mol. The Labute approximate surface area is 126 Å². The minimum Gasteiger partial charge on any atom is -0.379 e. The van der Waals surface area contributed by atoms with E-state index in [1.54, 1.807) is 0 Å². The van der Waals surface area contributed by atoms with E-state index in [1.165, 1.54) is 11.1 Å². The number of aryl methyl sites for hydroxylation is 1. The largest absolute Gasteiger partial charge is 0.379 e. The van der Waals surface area contributed by atoms with Crippen LogP contribution < -0.4 is 5.32 Å². The molecule has 1 heterocycles. The van der Waals surface area contributed by atoms with Gasteiger partial charge >= 0.3 is 0 Å². The van der Waals surface area contributed by atoms with Gasteiger partial charge in [-0.25, -0.2) is 0 Å². The fourth-order valence-corrected chi connectivity index (χ4v) is 2.96. The average Bonchev–Trinajstić information content (AvgIpc) is 3.22. The van der Waals surface area contributed by atoms with Crippen LogP contribution in [0.15, 0.2) is 24.3 Å². The molecule has 2 aliphatic rings. The molecule has 4 nitrogen and oxygen atoms in total. The maximum absolute atomic E-state index is 12.9. The molecule has 2 atom stereocenters. The molecular formula is C17H24N2O2. The van der Waals surface area contributed by atoms with Crippen LogP contribution in [0.3, 0.4) is 0 Å². The molecule has 1 aromatic carbocycles. The molecule has 3 rings (SSSR count). The Kier molecular flexibility index (Phi) is 4.27. The quantitative estimate of drug-likeness (QED) is 0.897. The van der Waals surface area contributed by atoms with Gasteiger partial charge in [-0.05, 0) is 32.4 Å². The summed E-state index contributed by atoms with van der Waals surface area (Å²) >= 11 is 0. The predicted octanol–water partition coefficient (Wildman–Crippen LogP) is 1.72. The number of nitrogens with one attached hydrogen (secondary N) is 1. The van der Waals surface area contributed by atoms with Crippen LogP contribution >= 0.6 is 0 Å². The Morgan fingerprint density at radius 3 is 2.62 bits per heavy atom. The molecule has 0 radical (unpaired) electrons. The van der Waals surface area contributed by atoms with Crippen molar-refractivity contribution in [2.75, 3.05) is 20.3 Å². The Hall–Kier alpha value is -1.39. The number of benzene rings is 1. The Morgan fingerprint density at radius 2 is 2.00 bits per heavy atom. The second-order valence-corrected chi connectivity index (χ2v) is 6.22. The topological polar surface area (TPSA) is 41.6 Å². The lowest BCUT2D eigenvalue weighted by atomic mass is 10.0. The van der Waals surface area contributed by atoms with Gasteiger partial charge in [0.05, 0.1) is 19.1 Å². The van der Waals surface area contributed by atoms with Crippen molar-refractivity contribution in [1.29, 1.82) is 0 Å². The Balaban J connectivity index is 1.72. The van der Waals surface area contributed by atoms with Crippen LogP contribution in [0.4, 0.5) is 0 Å². The summed E-state index contributed by atoms with van der Waals surface area (Å²) in [7, 11) is 1.90. The first kappa shape index (κ1) is 14.5. The second kappa shape index (κ2) is 6.16. The third-order valence-electron chi connectivity index (χ3n) is 4.51. The van der Waals surface area contributed by atoms with Gasteiger partial charge in [-0.15, -0.1) is 0 Å². The van der Waals surface area contributed by atoms with Crippen molar-refractivity contribution in [3.05, 3.63) is 35.4 Å². The summed E-state index contributed by atoms with van der Waals surface area (Å²) in [5.74, 6) is 0.205. The van der Waals surface area contributed by atoms with E-state index in [1.807, 2.05) is 7.05 Å². The number of carbonyl (C=O) groups excluding carboxylic acids is 1. The second-order valence-electron chi connectivity index (χ2n) is 6.22. The average molecular weight is 288 g/mol. The molecule has 1 saturated carbocycles. The van der Waals surface area contributed by atoms with Gasteiger partial charge in [0, 0.05) is 18.6 Å². The van der Waals surface area contributed by atoms with Gasteiger partial charge in [0.25, 0.3) is 0 Å². The van der Waals surface area contributed by atoms with Crippen LogP contribution in [0.25, 0.3) is 0 Å². The molecule has 2 unspecified atom stereocenters. The first-order chi connectivity index (χ1) is 10.2. The van der Waals surface area contributed by atoms with Gasteiger partial charge in [-0.1, -0.05) is 29.8 Å². The summed E-state index contributed by atoms with van der Waals surface area (Å²) in [6.07, 6.45) is 2.27. The van der Waals surface area contributed by atoms with E-state index in [2.05, 4.69) is 41.4 Å². The van der Waals surface area contributed by atoms with Crippen molar-refractivity contribution in [3.63, 3.8) is 0 Å². The SMILES string of the molecule is CNC1COCC1C(=O)N(Cc1ccc(C)cc1)C1CC1. The third kappa shape index (κ3) is 3.27. The lowest BCUT2D eigenvalue weighted by Gasteiger charge is -2.27. The van der Waals surface area contributed by atoms with Crippen molar-refractivity contribution in [2.45, 2.75) is 38.4 Å². The van der Waals surface area contributed by atoms with E-state index >= 15 is 0 Å². The highest BCUT2D eigenvalue weighted by atomic mass is 16.5. The zero-order valence-corrected chi connectivity index (χ0v) is 12.8. The van der Waals surface area contributed by atoms with Crippen LogP contribution in [-0.2, 0) is 16.1 Å². The predicted molar refractivity (Wildman–Crippen MR) is 81.9 cm³/mol. The molecule has 0 aromatic heterocycles. The minimum atomic E-state index is -0.0407. The molecule has 1 N–H and O–H groups in total. The summed E-state index contributed by atoms with van der Waals surface area (Å²) in [5, 5.41) is 3.21. The molecule has 4 heteroatoms. The van der Waals surface area contributed by atoms with Gasteiger partial charge in [0.15, 0.2) is 0 Å². The van der Waals surface area contributed by atoms with Gasteiger partial charge in [-0.3, -0.25) is 4.79 Å². The van der Waals surface area contributed by atoms with Crippen molar-refractivity contribution in [3.8, 4) is 0 Å². The van der Waals surface area contributed by atoms with Crippen LogP contribution in [0.1, 0.15) is 24.0 Å². The summed E-state index contributed by atoms with van der Waals surface area (Å²) in [5.41, 5.74) is 2.46. The highest BCUT2D eigenvalue weighted by Gasteiger charge is 2.40. The molecule has 1 aliphatic carbocycles. The number of nitrogens with zero attached hydrogens (tertiary/aromatic N) is 1. The monoisotopic (exact) mass is 288 g/mol. The number of likely N-dealkylation sites (N-methyl/N-ethyl adjacent to an activating group) is 1. The number of amides is 1. The molecule has 1 aromatic rings. The van der Waals surface area contributed by atoms with E-state index in [9.17, 15) is 4.79 Å². The maximum Gasteiger partial charge on any atom is 0.230 e. The minimum absolute atomic E-state index is 0.0407. The molecule has 0 bridgehead atoms. The molecule has 1 saturated heterocycles. The molecule has 21 heavy (non-hydrogen) atoms. The van der Waals surface area contributed by atoms with Crippen molar-refractivity contribution >= 4 is 5.91 Å². The summed E-state index contributed by atoms with van der Waals surface area (Å²) in [6.45, 7) is 3.98. The van der Waals surface area contributed by atoms with E-state index in [-0.39, 0.29) is 17.9 Å².